The molecular weight excluding hydrogens is 314 g/mol. The zero-order chi connectivity index (χ0) is 18.2. The Morgan fingerprint density at radius 1 is 0.808 bits per heavy atom. The van der Waals surface area contributed by atoms with Gasteiger partial charge in [0, 0.05) is 11.4 Å². The van der Waals surface area contributed by atoms with E-state index >= 15 is 0 Å². The predicted molar refractivity (Wildman–Crippen MR) is 115 cm³/mol. The Labute approximate surface area is 156 Å². The highest BCUT2D eigenvalue weighted by Crippen LogP contribution is 2.27. The molecule has 1 N–H and O–H groups in total. The van der Waals surface area contributed by atoms with Crippen molar-refractivity contribution < 1.29 is 0 Å². The standard InChI is InChI=1S/C25H25N/c1-3-5-11-20(4-2)22-14-9-16-24(18-22)26-25-17-10-15-23(19-25)21-12-7-6-8-13-21/h3,5-19,26H,4H2,1-2H3/b5-3-,20-11+. The lowest BCUT2D eigenvalue weighted by atomic mass is 10.0. The van der Waals surface area contributed by atoms with Crippen LogP contribution in [0.3, 0.4) is 0 Å². The third kappa shape index (κ3) is 4.52. The molecule has 3 rings (SSSR count). The van der Waals surface area contributed by atoms with Crippen molar-refractivity contribution in [3.05, 3.63) is 103 Å². The van der Waals surface area contributed by atoms with Gasteiger partial charge in [0.25, 0.3) is 0 Å². The van der Waals surface area contributed by atoms with E-state index in [-0.39, 0.29) is 0 Å². The molecule has 0 amide bonds. The van der Waals surface area contributed by atoms with Gasteiger partial charge < -0.3 is 5.32 Å². The number of hydrogen-bond donors (Lipinski definition) is 1. The van der Waals surface area contributed by atoms with E-state index in [0.717, 1.165) is 17.8 Å². The van der Waals surface area contributed by atoms with Gasteiger partial charge in [0.1, 0.15) is 0 Å². The van der Waals surface area contributed by atoms with Crippen molar-refractivity contribution >= 4 is 16.9 Å². The van der Waals surface area contributed by atoms with Crippen LogP contribution < -0.4 is 5.32 Å². The Balaban J connectivity index is 1.85. The van der Waals surface area contributed by atoms with Crippen LogP contribution in [0, 0.1) is 0 Å². The molecule has 1 nitrogen and oxygen atoms in total. The summed E-state index contributed by atoms with van der Waals surface area (Å²) in [6.45, 7) is 4.24. The van der Waals surface area contributed by atoms with Crippen molar-refractivity contribution in [1.29, 1.82) is 0 Å². The number of hydrogen-bond acceptors (Lipinski definition) is 1. The molecule has 0 bridgehead atoms. The minimum absolute atomic E-state index is 1.01. The zero-order valence-electron chi connectivity index (χ0n) is 15.4. The lowest BCUT2D eigenvalue weighted by Crippen LogP contribution is -1.92. The van der Waals surface area contributed by atoms with Gasteiger partial charge in [0.05, 0.1) is 0 Å². The fourth-order valence-electron chi connectivity index (χ4n) is 3.00. The monoisotopic (exact) mass is 339 g/mol. The molecule has 0 saturated carbocycles. The molecular formula is C25H25N. The van der Waals surface area contributed by atoms with Crippen LogP contribution in [-0.4, -0.2) is 0 Å². The average Bonchev–Trinajstić information content (AvgIpc) is 2.70. The van der Waals surface area contributed by atoms with Crippen LogP contribution in [0.5, 0.6) is 0 Å². The first-order valence-electron chi connectivity index (χ1n) is 9.15. The van der Waals surface area contributed by atoms with Crippen LogP contribution in [0.2, 0.25) is 0 Å². The maximum absolute atomic E-state index is 3.54. The molecule has 0 radical (unpaired) electrons. The minimum Gasteiger partial charge on any atom is -0.355 e. The average molecular weight is 339 g/mol. The maximum Gasteiger partial charge on any atom is 0.0390 e. The van der Waals surface area contributed by atoms with Gasteiger partial charge in [-0.25, -0.2) is 0 Å². The molecule has 0 aromatic heterocycles. The van der Waals surface area contributed by atoms with Crippen molar-refractivity contribution in [3.63, 3.8) is 0 Å². The third-order valence-corrected chi connectivity index (χ3v) is 4.36. The lowest BCUT2D eigenvalue weighted by Gasteiger charge is -2.11. The van der Waals surface area contributed by atoms with Gasteiger partial charge in [-0.05, 0) is 59.9 Å². The van der Waals surface area contributed by atoms with Crippen LogP contribution in [0.25, 0.3) is 16.7 Å². The van der Waals surface area contributed by atoms with Crippen LogP contribution >= 0.6 is 0 Å². The molecule has 0 saturated heterocycles. The highest BCUT2D eigenvalue weighted by atomic mass is 14.9. The van der Waals surface area contributed by atoms with Crippen molar-refractivity contribution in [1.82, 2.24) is 0 Å². The SMILES string of the molecule is C/C=C\C=C(/CC)c1cccc(Nc2cccc(-c3ccccc3)c2)c1. The first-order valence-corrected chi connectivity index (χ1v) is 9.15. The summed E-state index contributed by atoms with van der Waals surface area (Å²) in [4.78, 5) is 0. The molecule has 130 valence electrons. The number of allylic oxidation sites excluding steroid dienone is 4. The molecule has 0 aliphatic rings. The molecule has 0 aliphatic heterocycles. The van der Waals surface area contributed by atoms with E-state index in [0.29, 0.717) is 0 Å². The maximum atomic E-state index is 3.54. The van der Waals surface area contributed by atoms with Crippen molar-refractivity contribution in [2.75, 3.05) is 5.32 Å². The Morgan fingerprint density at radius 3 is 2.23 bits per heavy atom. The normalized spacial score (nSPS) is 11.7. The van der Waals surface area contributed by atoms with Crippen LogP contribution in [0.4, 0.5) is 11.4 Å². The number of rotatable bonds is 6. The summed E-state index contributed by atoms with van der Waals surface area (Å²) >= 11 is 0. The Kier molecular flexibility index (Phi) is 6.05. The Hall–Kier alpha value is -3.06. The van der Waals surface area contributed by atoms with Crippen molar-refractivity contribution in [2.45, 2.75) is 20.3 Å². The van der Waals surface area contributed by atoms with Gasteiger partial charge >= 0.3 is 0 Å². The van der Waals surface area contributed by atoms with E-state index < -0.39 is 0 Å². The summed E-state index contributed by atoms with van der Waals surface area (Å²) in [6.07, 6.45) is 7.36. The van der Waals surface area contributed by atoms with Gasteiger partial charge in [0.2, 0.25) is 0 Å². The van der Waals surface area contributed by atoms with E-state index in [4.69, 9.17) is 0 Å². The van der Waals surface area contributed by atoms with E-state index in [1.807, 2.05) is 13.0 Å². The summed E-state index contributed by atoms with van der Waals surface area (Å²) in [7, 11) is 0. The molecule has 0 atom stereocenters. The van der Waals surface area contributed by atoms with Gasteiger partial charge in [-0.3, -0.25) is 0 Å². The first-order chi connectivity index (χ1) is 12.8. The summed E-state index contributed by atoms with van der Waals surface area (Å²) in [5.41, 5.74) is 7.24. The topological polar surface area (TPSA) is 12.0 Å². The molecule has 0 fully saturated rings. The van der Waals surface area contributed by atoms with Crippen LogP contribution in [0.15, 0.2) is 97.1 Å². The summed E-state index contributed by atoms with van der Waals surface area (Å²) < 4.78 is 0. The van der Waals surface area contributed by atoms with Crippen molar-refractivity contribution in [2.24, 2.45) is 0 Å². The zero-order valence-corrected chi connectivity index (χ0v) is 15.4. The second kappa shape index (κ2) is 8.87. The van der Waals surface area contributed by atoms with Gasteiger partial charge in [-0.15, -0.1) is 0 Å². The fraction of sp³-hybridized carbons (Fsp3) is 0.120. The molecule has 3 aromatic carbocycles. The van der Waals surface area contributed by atoms with E-state index in [1.165, 1.54) is 22.3 Å². The second-order valence-electron chi connectivity index (χ2n) is 6.22. The molecule has 1 heteroatoms. The van der Waals surface area contributed by atoms with Crippen molar-refractivity contribution in [3.8, 4) is 11.1 Å². The van der Waals surface area contributed by atoms with Gasteiger partial charge in [-0.2, -0.15) is 0 Å². The second-order valence-corrected chi connectivity index (χ2v) is 6.22. The van der Waals surface area contributed by atoms with Crippen LogP contribution in [0.1, 0.15) is 25.8 Å². The summed E-state index contributed by atoms with van der Waals surface area (Å²) in [5.74, 6) is 0. The summed E-state index contributed by atoms with van der Waals surface area (Å²) in [5, 5.41) is 3.54. The third-order valence-electron chi connectivity index (χ3n) is 4.36. The smallest absolute Gasteiger partial charge is 0.0390 e. The molecule has 3 aromatic rings. The minimum atomic E-state index is 1.01. The summed E-state index contributed by atoms with van der Waals surface area (Å²) in [6, 6.07) is 27.6. The van der Waals surface area contributed by atoms with E-state index in [2.05, 4.69) is 103 Å². The van der Waals surface area contributed by atoms with E-state index in [9.17, 15) is 0 Å². The number of anilines is 2. The van der Waals surface area contributed by atoms with Gasteiger partial charge in [0.15, 0.2) is 0 Å². The van der Waals surface area contributed by atoms with Gasteiger partial charge in [-0.1, -0.05) is 79.7 Å². The predicted octanol–water partition coefficient (Wildman–Crippen LogP) is 7.47. The first kappa shape index (κ1) is 17.8. The molecule has 0 spiro atoms. The Bertz CT molecular complexity index is 904. The molecule has 0 aliphatic carbocycles. The highest BCUT2D eigenvalue weighted by molar-refractivity contribution is 5.74. The van der Waals surface area contributed by atoms with E-state index in [1.54, 1.807) is 0 Å². The highest BCUT2D eigenvalue weighted by Gasteiger charge is 2.02. The molecule has 0 unspecified atom stereocenters. The largest absolute Gasteiger partial charge is 0.355 e. The lowest BCUT2D eigenvalue weighted by molar-refractivity contribution is 1.24. The quantitative estimate of drug-likeness (QED) is 0.459. The Morgan fingerprint density at radius 2 is 1.50 bits per heavy atom. The molecule has 26 heavy (non-hydrogen) atoms. The van der Waals surface area contributed by atoms with Crippen LogP contribution in [-0.2, 0) is 0 Å². The fourth-order valence-corrected chi connectivity index (χ4v) is 3.00. The number of benzene rings is 3. The molecule has 0 heterocycles. The number of nitrogens with one attached hydrogen (secondary N) is 1.